The van der Waals surface area contributed by atoms with Gasteiger partial charge in [0.15, 0.2) is 0 Å². The highest BCUT2D eigenvalue weighted by atomic mass is 15.3. The predicted molar refractivity (Wildman–Crippen MR) is 46.4 cm³/mol. The van der Waals surface area contributed by atoms with Gasteiger partial charge in [0.05, 0.1) is 5.69 Å². The lowest BCUT2D eigenvalue weighted by Gasteiger charge is -1.97. The first kappa shape index (κ1) is 8.05. The van der Waals surface area contributed by atoms with E-state index in [4.69, 9.17) is 0 Å². The zero-order valence-corrected chi connectivity index (χ0v) is 6.95. The highest BCUT2D eigenvalue weighted by Gasteiger charge is 1.91. The van der Waals surface area contributed by atoms with Gasteiger partial charge in [0.25, 0.3) is 0 Å². The molecule has 0 N–H and O–H groups in total. The van der Waals surface area contributed by atoms with Crippen LogP contribution in [0.5, 0.6) is 0 Å². The molecule has 2 heteroatoms. The van der Waals surface area contributed by atoms with Gasteiger partial charge in [-0.05, 0) is 25.8 Å². The number of nitrogens with zero attached hydrogens (tertiary/aromatic N) is 2. The van der Waals surface area contributed by atoms with Gasteiger partial charge in [-0.1, -0.05) is 6.08 Å². The summed E-state index contributed by atoms with van der Waals surface area (Å²) in [7, 11) is 0. The normalized spacial score (nSPS) is 9.91. The van der Waals surface area contributed by atoms with Gasteiger partial charge in [0, 0.05) is 12.7 Å². The first-order valence-corrected chi connectivity index (χ1v) is 3.94. The van der Waals surface area contributed by atoms with Crippen LogP contribution in [0.2, 0.25) is 0 Å². The highest BCUT2D eigenvalue weighted by Crippen LogP contribution is 1.96. The van der Waals surface area contributed by atoms with Crippen molar-refractivity contribution in [3.63, 3.8) is 0 Å². The van der Waals surface area contributed by atoms with Crippen LogP contribution >= 0.6 is 0 Å². The average Bonchev–Trinajstić information content (AvgIpc) is 2.37. The molecular formula is C9H14N2. The molecule has 0 amide bonds. The standard InChI is InChI=1S/C9H14N2/c1-3-4-5-7-11-8-6-9(2)10-11/h3,6,8H,1,4-5,7H2,2H3. The van der Waals surface area contributed by atoms with Gasteiger partial charge >= 0.3 is 0 Å². The first-order valence-electron chi connectivity index (χ1n) is 3.94. The molecule has 0 bridgehead atoms. The van der Waals surface area contributed by atoms with Crippen LogP contribution in [0.15, 0.2) is 24.9 Å². The third-order valence-corrected chi connectivity index (χ3v) is 1.57. The van der Waals surface area contributed by atoms with Gasteiger partial charge in [-0.25, -0.2) is 0 Å². The molecule has 0 radical (unpaired) electrons. The van der Waals surface area contributed by atoms with E-state index in [2.05, 4.69) is 11.7 Å². The number of rotatable bonds is 4. The Labute approximate surface area is 67.5 Å². The lowest BCUT2D eigenvalue weighted by atomic mass is 10.3. The summed E-state index contributed by atoms with van der Waals surface area (Å²) in [6, 6.07) is 2.02. The molecule has 0 spiro atoms. The molecule has 0 aromatic carbocycles. The number of allylic oxidation sites excluding steroid dienone is 1. The minimum absolute atomic E-state index is 1.000. The van der Waals surface area contributed by atoms with Gasteiger partial charge in [0.2, 0.25) is 0 Å². The van der Waals surface area contributed by atoms with E-state index in [0.717, 1.165) is 25.1 Å². The van der Waals surface area contributed by atoms with E-state index in [-0.39, 0.29) is 0 Å². The largest absolute Gasteiger partial charge is 0.272 e. The molecular weight excluding hydrogens is 136 g/mol. The van der Waals surface area contributed by atoms with E-state index in [1.807, 2.05) is 29.9 Å². The Morgan fingerprint density at radius 1 is 1.73 bits per heavy atom. The van der Waals surface area contributed by atoms with Gasteiger partial charge in [-0.15, -0.1) is 6.58 Å². The lowest BCUT2D eigenvalue weighted by Crippen LogP contribution is -1.97. The summed E-state index contributed by atoms with van der Waals surface area (Å²) in [4.78, 5) is 0. The molecule has 0 aliphatic heterocycles. The fourth-order valence-corrected chi connectivity index (χ4v) is 0.985. The van der Waals surface area contributed by atoms with E-state index < -0.39 is 0 Å². The molecule has 0 fully saturated rings. The Morgan fingerprint density at radius 3 is 3.09 bits per heavy atom. The van der Waals surface area contributed by atoms with Crippen LogP contribution in [0.1, 0.15) is 18.5 Å². The molecule has 0 atom stereocenters. The lowest BCUT2D eigenvalue weighted by molar-refractivity contribution is 0.580. The van der Waals surface area contributed by atoms with E-state index in [1.54, 1.807) is 0 Å². The minimum atomic E-state index is 1.000. The number of aromatic nitrogens is 2. The number of aryl methyl sites for hydroxylation is 2. The van der Waals surface area contributed by atoms with Gasteiger partial charge in [-0.3, -0.25) is 4.68 Å². The van der Waals surface area contributed by atoms with Crippen molar-refractivity contribution in [2.75, 3.05) is 0 Å². The average molecular weight is 150 g/mol. The molecule has 0 aliphatic carbocycles. The maximum Gasteiger partial charge on any atom is 0.0593 e. The summed E-state index contributed by atoms with van der Waals surface area (Å²) in [6.07, 6.45) is 6.15. The molecule has 1 heterocycles. The summed E-state index contributed by atoms with van der Waals surface area (Å²) in [5, 5.41) is 4.26. The van der Waals surface area contributed by atoms with Crippen LogP contribution in [0.25, 0.3) is 0 Å². The molecule has 2 nitrogen and oxygen atoms in total. The first-order chi connectivity index (χ1) is 5.33. The van der Waals surface area contributed by atoms with Crippen LogP contribution in [0.3, 0.4) is 0 Å². The topological polar surface area (TPSA) is 17.8 Å². The van der Waals surface area contributed by atoms with Crippen LogP contribution < -0.4 is 0 Å². The summed E-state index contributed by atoms with van der Waals surface area (Å²) in [5.41, 5.74) is 1.09. The molecule has 1 rings (SSSR count). The summed E-state index contributed by atoms with van der Waals surface area (Å²) >= 11 is 0. The fourth-order valence-electron chi connectivity index (χ4n) is 0.985. The Bertz CT molecular complexity index is 225. The van der Waals surface area contributed by atoms with Crippen molar-refractivity contribution in [1.29, 1.82) is 0 Å². The zero-order chi connectivity index (χ0) is 8.10. The zero-order valence-electron chi connectivity index (χ0n) is 6.95. The van der Waals surface area contributed by atoms with Crippen molar-refractivity contribution in [3.8, 4) is 0 Å². The quantitative estimate of drug-likeness (QED) is 0.475. The second-order valence-corrected chi connectivity index (χ2v) is 2.65. The maximum absolute atomic E-state index is 4.26. The van der Waals surface area contributed by atoms with E-state index >= 15 is 0 Å². The van der Waals surface area contributed by atoms with E-state index in [1.165, 1.54) is 0 Å². The van der Waals surface area contributed by atoms with Crippen LogP contribution in [0.4, 0.5) is 0 Å². The third kappa shape index (κ3) is 2.58. The third-order valence-electron chi connectivity index (χ3n) is 1.57. The fraction of sp³-hybridized carbons (Fsp3) is 0.444. The summed E-state index contributed by atoms with van der Waals surface area (Å²) in [6.45, 7) is 6.67. The van der Waals surface area contributed by atoms with Crippen molar-refractivity contribution >= 4 is 0 Å². The molecule has 0 saturated heterocycles. The summed E-state index contributed by atoms with van der Waals surface area (Å²) < 4.78 is 1.97. The molecule has 1 aromatic rings. The molecule has 0 aliphatic rings. The number of unbranched alkanes of at least 4 members (excludes halogenated alkanes) is 1. The SMILES string of the molecule is C=CCCCn1ccc(C)n1. The molecule has 11 heavy (non-hydrogen) atoms. The van der Waals surface area contributed by atoms with Crippen LogP contribution in [-0.2, 0) is 6.54 Å². The Balaban J connectivity index is 2.32. The van der Waals surface area contributed by atoms with Gasteiger partial charge in [0.1, 0.15) is 0 Å². The monoisotopic (exact) mass is 150 g/mol. The smallest absolute Gasteiger partial charge is 0.0593 e. The molecule has 0 unspecified atom stereocenters. The predicted octanol–water partition coefficient (Wildman–Crippen LogP) is 2.16. The maximum atomic E-state index is 4.26. The van der Waals surface area contributed by atoms with Gasteiger partial charge in [-0.2, -0.15) is 5.10 Å². The van der Waals surface area contributed by atoms with Crippen LogP contribution in [0, 0.1) is 6.92 Å². The van der Waals surface area contributed by atoms with Crippen molar-refractivity contribution < 1.29 is 0 Å². The Morgan fingerprint density at radius 2 is 2.55 bits per heavy atom. The number of hydrogen-bond donors (Lipinski definition) is 0. The number of hydrogen-bond acceptors (Lipinski definition) is 1. The highest BCUT2D eigenvalue weighted by molar-refractivity contribution is 4.94. The van der Waals surface area contributed by atoms with E-state index in [9.17, 15) is 0 Å². The van der Waals surface area contributed by atoms with Crippen molar-refractivity contribution in [1.82, 2.24) is 9.78 Å². The van der Waals surface area contributed by atoms with Crippen LogP contribution in [-0.4, -0.2) is 9.78 Å². The second kappa shape index (κ2) is 3.96. The van der Waals surface area contributed by atoms with E-state index in [0.29, 0.717) is 0 Å². The minimum Gasteiger partial charge on any atom is -0.272 e. The second-order valence-electron chi connectivity index (χ2n) is 2.65. The van der Waals surface area contributed by atoms with Crippen molar-refractivity contribution in [3.05, 3.63) is 30.6 Å². The van der Waals surface area contributed by atoms with Gasteiger partial charge < -0.3 is 0 Å². The van der Waals surface area contributed by atoms with Crippen molar-refractivity contribution in [2.45, 2.75) is 26.3 Å². The molecule has 0 saturated carbocycles. The Kier molecular flexibility index (Phi) is 2.90. The van der Waals surface area contributed by atoms with Crippen molar-refractivity contribution in [2.24, 2.45) is 0 Å². The molecule has 1 aromatic heterocycles. The molecule has 60 valence electrons. The Hall–Kier alpha value is -1.05. The summed E-state index contributed by atoms with van der Waals surface area (Å²) in [5.74, 6) is 0.